The van der Waals surface area contributed by atoms with Crippen LogP contribution in [0.3, 0.4) is 0 Å². The summed E-state index contributed by atoms with van der Waals surface area (Å²) in [6.45, 7) is 0. The number of nitrogens with zero attached hydrogens (tertiary/aromatic N) is 1. The Kier molecular flexibility index (Phi) is 3.51. The zero-order valence-corrected chi connectivity index (χ0v) is 12.6. The SMILES string of the molecule is NS(=O)(=O)c1ccc(NC2=NC3(CCCC3)CS2)cc1. The largest absolute Gasteiger partial charge is 0.335 e. The smallest absolute Gasteiger partial charge is 0.238 e. The number of amidine groups is 1. The topological polar surface area (TPSA) is 84.5 Å². The Bertz CT molecular complexity index is 632. The van der Waals surface area contributed by atoms with E-state index in [9.17, 15) is 8.42 Å². The van der Waals surface area contributed by atoms with E-state index in [1.807, 2.05) is 0 Å². The van der Waals surface area contributed by atoms with Crippen LogP contribution in [-0.4, -0.2) is 24.9 Å². The van der Waals surface area contributed by atoms with Crippen molar-refractivity contribution in [2.24, 2.45) is 10.1 Å². The molecule has 1 aromatic rings. The zero-order valence-electron chi connectivity index (χ0n) is 11.0. The van der Waals surface area contributed by atoms with Crippen molar-refractivity contribution >= 4 is 32.6 Å². The molecule has 1 spiro atoms. The van der Waals surface area contributed by atoms with Crippen LogP contribution in [0.2, 0.25) is 0 Å². The molecule has 1 aliphatic heterocycles. The van der Waals surface area contributed by atoms with Gasteiger partial charge in [-0.25, -0.2) is 13.6 Å². The molecule has 5 nitrogen and oxygen atoms in total. The van der Waals surface area contributed by atoms with Crippen LogP contribution >= 0.6 is 11.8 Å². The van der Waals surface area contributed by atoms with Gasteiger partial charge in [0.2, 0.25) is 10.0 Å². The summed E-state index contributed by atoms with van der Waals surface area (Å²) < 4.78 is 22.4. The van der Waals surface area contributed by atoms with Crippen LogP contribution in [-0.2, 0) is 10.0 Å². The maximum atomic E-state index is 11.2. The summed E-state index contributed by atoms with van der Waals surface area (Å²) in [5, 5.41) is 9.25. The number of primary sulfonamides is 1. The molecule has 1 aromatic carbocycles. The molecule has 3 N–H and O–H groups in total. The van der Waals surface area contributed by atoms with Gasteiger partial charge in [0.15, 0.2) is 5.17 Å². The number of rotatable bonds is 2. The minimum absolute atomic E-state index is 0.122. The number of nitrogens with one attached hydrogen (secondary N) is 1. The second-order valence-corrected chi connectivity index (χ2v) is 7.86. The van der Waals surface area contributed by atoms with E-state index in [1.165, 1.54) is 37.8 Å². The average molecular weight is 311 g/mol. The Morgan fingerprint density at radius 2 is 1.85 bits per heavy atom. The summed E-state index contributed by atoms with van der Waals surface area (Å²) >= 11 is 1.74. The second kappa shape index (κ2) is 5.05. The van der Waals surface area contributed by atoms with Gasteiger partial charge in [-0.05, 0) is 37.1 Å². The van der Waals surface area contributed by atoms with E-state index >= 15 is 0 Å². The first-order valence-corrected chi connectivity index (χ1v) is 9.13. The lowest BCUT2D eigenvalue weighted by molar-refractivity contribution is 0.508. The highest BCUT2D eigenvalue weighted by molar-refractivity contribution is 8.14. The van der Waals surface area contributed by atoms with Crippen LogP contribution in [0.15, 0.2) is 34.2 Å². The molecule has 1 saturated carbocycles. The predicted octanol–water partition coefficient (Wildman–Crippen LogP) is 2.16. The number of benzene rings is 1. The van der Waals surface area contributed by atoms with Gasteiger partial charge in [0, 0.05) is 11.4 Å². The van der Waals surface area contributed by atoms with E-state index in [2.05, 4.69) is 5.32 Å². The summed E-state index contributed by atoms with van der Waals surface area (Å²) in [6.07, 6.45) is 4.88. The molecule has 0 bridgehead atoms. The molecule has 7 heteroatoms. The molecule has 2 aliphatic rings. The summed E-state index contributed by atoms with van der Waals surface area (Å²) in [5.74, 6) is 1.05. The first kappa shape index (κ1) is 13.9. The van der Waals surface area contributed by atoms with Crippen molar-refractivity contribution in [3.05, 3.63) is 24.3 Å². The maximum Gasteiger partial charge on any atom is 0.238 e. The number of thioether (sulfide) groups is 1. The number of nitrogens with two attached hydrogens (primary N) is 1. The van der Waals surface area contributed by atoms with E-state index in [4.69, 9.17) is 10.1 Å². The van der Waals surface area contributed by atoms with Crippen molar-refractivity contribution in [2.45, 2.75) is 36.1 Å². The van der Waals surface area contributed by atoms with E-state index in [-0.39, 0.29) is 10.4 Å². The van der Waals surface area contributed by atoms with Gasteiger partial charge in [0.05, 0.1) is 10.4 Å². The Morgan fingerprint density at radius 3 is 2.45 bits per heavy atom. The molecule has 0 amide bonds. The second-order valence-electron chi connectivity index (χ2n) is 5.33. The quantitative estimate of drug-likeness (QED) is 0.876. The van der Waals surface area contributed by atoms with Crippen molar-refractivity contribution < 1.29 is 8.42 Å². The van der Waals surface area contributed by atoms with Crippen LogP contribution in [0, 0.1) is 0 Å². The molecule has 0 radical (unpaired) electrons. The van der Waals surface area contributed by atoms with Gasteiger partial charge in [0.1, 0.15) is 0 Å². The lowest BCUT2D eigenvalue weighted by Crippen LogP contribution is -2.21. The Labute approximate surface area is 123 Å². The molecule has 1 aliphatic carbocycles. The Morgan fingerprint density at radius 1 is 1.20 bits per heavy atom. The monoisotopic (exact) mass is 311 g/mol. The Hall–Kier alpha value is -1.05. The Balaban J connectivity index is 1.73. The first-order valence-electron chi connectivity index (χ1n) is 6.60. The van der Waals surface area contributed by atoms with E-state index in [0.717, 1.165) is 16.6 Å². The van der Waals surface area contributed by atoms with Crippen molar-refractivity contribution in [1.29, 1.82) is 0 Å². The lowest BCUT2D eigenvalue weighted by Gasteiger charge is -2.16. The normalized spacial score (nSPS) is 21.1. The van der Waals surface area contributed by atoms with Crippen molar-refractivity contribution in [2.75, 3.05) is 11.1 Å². The lowest BCUT2D eigenvalue weighted by atomic mass is 10.0. The van der Waals surface area contributed by atoms with Crippen molar-refractivity contribution in [3.8, 4) is 0 Å². The van der Waals surface area contributed by atoms with Gasteiger partial charge < -0.3 is 5.32 Å². The third kappa shape index (κ3) is 2.84. The predicted molar refractivity (Wildman–Crippen MR) is 82.5 cm³/mol. The van der Waals surface area contributed by atoms with Gasteiger partial charge in [-0.2, -0.15) is 0 Å². The average Bonchev–Trinajstić information content (AvgIpc) is 3.00. The van der Waals surface area contributed by atoms with Gasteiger partial charge in [-0.1, -0.05) is 24.6 Å². The van der Waals surface area contributed by atoms with Gasteiger partial charge in [-0.3, -0.25) is 4.99 Å². The summed E-state index contributed by atoms with van der Waals surface area (Å²) in [5.41, 5.74) is 0.978. The molecular weight excluding hydrogens is 294 g/mol. The van der Waals surface area contributed by atoms with Gasteiger partial charge in [-0.15, -0.1) is 0 Å². The van der Waals surface area contributed by atoms with E-state index in [1.54, 1.807) is 23.9 Å². The molecule has 0 saturated heterocycles. The number of anilines is 1. The highest BCUT2D eigenvalue weighted by Crippen LogP contribution is 2.41. The van der Waals surface area contributed by atoms with E-state index in [0.29, 0.717) is 0 Å². The van der Waals surface area contributed by atoms with Gasteiger partial charge in [0.25, 0.3) is 0 Å². The third-order valence-electron chi connectivity index (χ3n) is 3.78. The molecule has 20 heavy (non-hydrogen) atoms. The highest BCUT2D eigenvalue weighted by Gasteiger charge is 2.38. The minimum atomic E-state index is -3.63. The van der Waals surface area contributed by atoms with Crippen LogP contribution in [0.25, 0.3) is 0 Å². The van der Waals surface area contributed by atoms with Crippen LogP contribution in [0.1, 0.15) is 25.7 Å². The van der Waals surface area contributed by atoms with Gasteiger partial charge >= 0.3 is 0 Å². The summed E-state index contributed by atoms with van der Waals surface area (Å²) in [6, 6.07) is 6.43. The fraction of sp³-hybridized carbons (Fsp3) is 0.462. The fourth-order valence-electron chi connectivity index (χ4n) is 2.69. The number of hydrogen-bond acceptors (Lipinski definition) is 5. The number of sulfonamides is 1. The van der Waals surface area contributed by atoms with Crippen LogP contribution < -0.4 is 10.5 Å². The standard InChI is InChI=1S/C13H17N3O2S2/c14-20(17,18)11-5-3-10(4-6-11)15-12-16-13(9-19-12)7-1-2-8-13/h3-6H,1-2,7-9H2,(H,15,16)(H2,14,17,18). The zero-order chi connectivity index (χ0) is 14.2. The molecule has 1 fully saturated rings. The number of hydrogen-bond donors (Lipinski definition) is 2. The maximum absolute atomic E-state index is 11.2. The molecular formula is C13H17N3O2S2. The van der Waals surface area contributed by atoms with Crippen molar-refractivity contribution in [3.63, 3.8) is 0 Å². The number of aliphatic imine (C=N–C) groups is 1. The van der Waals surface area contributed by atoms with Crippen molar-refractivity contribution in [1.82, 2.24) is 0 Å². The molecule has 108 valence electrons. The highest BCUT2D eigenvalue weighted by atomic mass is 32.2. The third-order valence-corrected chi connectivity index (χ3v) is 5.86. The molecule has 0 unspecified atom stereocenters. The molecule has 0 atom stereocenters. The van der Waals surface area contributed by atoms with Crippen LogP contribution in [0.4, 0.5) is 5.69 Å². The molecule has 0 aromatic heterocycles. The van der Waals surface area contributed by atoms with Crippen LogP contribution in [0.5, 0.6) is 0 Å². The molecule has 1 heterocycles. The first-order chi connectivity index (χ1) is 9.47. The molecule has 3 rings (SSSR count). The minimum Gasteiger partial charge on any atom is -0.335 e. The summed E-state index contributed by atoms with van der Waals surface area (Å²) in [7, 11) is -3.63. The summed E-state index contributed by atoms with van der Waals surface area (Å²) in [4.78, 5) is 4.93. The fourth-order valence-corrected chi connectivity index (χ4v) is 4.41. The van der Waals surface area contributed by atoms with E-state index < -0.39 is 10.0 Å².